The quantitative estimate of drug-likeness (QED) is 0.194. The standard InChI is InChI=1S/C23H24O4.C6H10O3/c1-3-6-18(2)27-23(25)17-26-22-15-11-20(12-16-22)8-5-4-7-19-9-13-21(24)14-10-19;1-5(2)6(8)9-4-3-7/h3-16,18,24H,17H2,1-2H3;7H,1,3-4H2,2H3. The van der Waals surface area contributed by atoms with Gasteiger partial charge in [0.25, 0.3) is 0 Å². The monoisotopic (exact) mass is 494 g/mol. The van der Waals surface area contributed by atoms with Crippen LogP contribution in [0, 0.1) is 0 Å². The molecule has 0 fully saturated rings. The first kappa shape index (κ1) is 29.9. The van der Waals surface area contributed by atoms with Crippen molar-refractivity contribution in [1.29, 1.82) is 0 Å². The third-order valence-electron chi connectivity index (χ3n) is 4.27. The van der Waals surface area contributed by atoms with Crippen molar-refractivity contribution in [3.63, 3.8) is 0 Å². The van der Waals surface area contributed by atoms with E-state index in [2.05, 4.69) is 11.3 Å². The van der Waals surface area contributed by atoms with Gasteiger partial charge in [-0.25, -0.2) is 9.59 Å². The summed E-state index contributed by atoms with van der Waals surface area (Å²) in [5.74, 6) is 0.0148. The van der Waals surface area contributed by atoms with Crippen LogP contribution in [0.2, 0.25) is 0 Å². The Bertz CT molecular complexity index is 1030. The molecule has 0 radical (unpaired) electrons. The van der Waals surface area contributed by atoms with Crippen LogP contribution in [0.5, 0.6) is 11.5 Å². The van der Waals surface area contributed by atoms with Crippen molar-refractivity contribution in [3.8, 4) is 11.5 Å². The van der Waals surface area contributed by atoms with Crippen molar-refractivity contribution in [3.05, 3.63) is 96.1 Å². The van der Waals surface area contributed by atoms with E-state index in [1.54, 1.807) is 32.1 Å². The Morgan fingerprint density at radius 3 is 2.06 bits per heavy atom. The lowest BCUT2D eigenvalue weighted by Crippen LogP contribution is -2.19. The summed E-state index contributed by atoms with van der Waals surface area (Å²) in [6.45, 7) is 8.37. The van der Waals surface area contributed by atoms with Gasteiger partial charge in [-0.05, 0) is 62.2 Å². The number of carbonyl (C=O) groups excluding carboxylic acids is 2. The van der Waals surface area contributed by atoms with Crippen LogP contribution in [0.4, 0.5) is 0 Å². The summed E-state index contributed by atoms with van der Waals surface area (Å²) >= 11 is 0. The molecule has 0 aliphatic heterocycles. The summed E-state index contributed by atoms with van der Waals surface area (Å²) < 4.78 is 15.1. The Labute approximate surface area is 212 Å². The Morgan fingerprint density at radius 2 is 1.56 bits per heavy atom. The summed E-state index contributed by atoms with van der Waals surface area (Å²) in [5, 5.41) is 17.4. The minimum Gasteiger partial charge on any atom is -0.508 e. The van der Waals surface area contributed by atoms with Crippen LogP contribution in [-0.4, -0.2) is 48.1 Å². The Morgan fingerprint density at radius 1 is 1.00 bits per heavy atom. The third kappa shape index (κ3) is 13.6. The molecule has 0 amide bonds. The lowest BCUT2D eigenvalue weighted by Gasteiger charge is -2.10. The maximum atomic E-state index is 11.7. The highest BCUT2D eigenvalue weighted by atomic mass is 16.6. The molecule has 1 atom stereocenters. The van der Waals surface area contributed by atoms with Crippen molar-refractivity contribution in [1.82, 2.24) is 0 Å². The number of phenols is 1. The third-order valence-corrected chi connectivity index (χ3v) is 4.27. The lowest BCUT2D eigenvalue weighted by molar-refractivity contribution is -0.148. The molecule has 7 heteroatoms. The minimum atomic E-state index is -0.455. The number of hydrogen-bond donors (Lipinski definition) is 2. The first-order chi connectivity index (χ1) is 17.2. The number of aliphatic hydroxyl groups is 1. The Hall–Kier alpha value is -4.10. The molecule has 0 aliphatic carbocycles. The maximum absolute atomic E-state index is 11.7. The molecule has 0 heterocycles. The number of allylic oxidation sites excluding steroid dienone is 3. The van der Waals surface area contributed by atoms with Gasteiger partial charge in [-0.15, -0.1) is 0 Å². The van der Waals surface area contributed by atoms with Crippen LogP contribution in [0.25, 0.3) is 12.2 Å². The topological polar surface area (TPSA) is 102 Å². The van der Waals surface area contributed by atoms with Gasteiger partial charge in [0.2, 0.25) is 0 Å². The number of aliphatic hydroxyl groups excluding tert-OH is 1. The zero-order valence-electron chi connectivity index (χ0n) is 20.9. The van der Waals surface area contributed by atoms with E-state index >= 15 is 0 Å². The smallest absolute Gasteiger partial charge is 0.344 e. The van der Waals surface area contributed by atoms with Crippen molar-refractivity contribution < 1.29 is 34.0 Å². The number of hydrogen-bond acceptors (Lipinski definition) is 7. The van der Waals surface area contributed by atoms with E-state index in [4.69, 9.17) is 14.6 Å². The van der Waals surface area contributed by atoms with Gasteiger partial charge in [0.05, 0.1) is 6.61 Å². The molecule has 192 valence electrons. The fraction of sp³-hybridized carbons (Fsp3) is 0.241. The first-order valence-electron chi connectivity index (χ1n) is 11.4. The van der Waals surface area contributed by atoms with E-state index in [1.165, 1.54) is 0 Å². The second-order valence-corrected chi connectivity index (χ2v) is 7.53. The predicted octanol–water partition coefficient (Wildman–Crippen LogP) is 5.10. The predicted molar refractivity (Wildman–Crippen MR) is 141 cm³/mol. The number of carbonyl (C=O) groups is 2. The minimum absolute atomic E-state index is 0.0473. The van der Waals surface area contributed by atoms with Gasteiger partial charge in [-0.2, -0.15) is 0 Å². The molecule has 2 aromatic rings. The molecule has 2 rings (SSSR count). The van der Waals surface area contributed by atoms with E-state index in [0.717, 1.165) is 11.1 Å². The molecule has 2 aromatic carbocycles. The fourth-order valence-corrected chi connectivity index (χ4v) is 2.55. The normalized spacial score (nSPS) is 11.7. The highest BCUT2D eigenvalue weighted by Crippen LogP contribution is 2.14. The molecule has 0 saturated carbocycles. The number of aromatic hydroxyl groups is 1. The largest absolute Gasteiger partial charge is 0.508 e. The van der Waals surface area contributed by atoms with Gasteiger partial charge >= 0.3 is 11.9 Å². The van der Waals surface area contributed by atoms with Crippen LogP contribution in [0.15, 0.2) is 85.0 Å². The molecule has 0 spiro atoms. The van der Waals surface area contributed by atoms with Crippen LogP contribution < -0.4 is 4.74 Å². The lowest BCUT2D eigenvalue weighted by atomic mass is 10.2. The highest BCUT2D eigenvalue weighted by Gasteiger charge is 2.07. The van der Waals surface area contributed by atoms with E-state index in [1.807, 2.05) is 73.7 Å². The molecule has 1 unspecified atom stereocenters. The van der Waals surface area contributed by atoms with Crippen LogP contribution in [0.3, 0.4) is 0 Å². The fourth-order valence-electron chi connectivity index (χ4n) is 2.55. The van der Waals surface area contributed by atoms with Crippen molar-refractivity contribution in [2.75, 3.05) is 19.8 Å². The van der Waals surface area contributed by atoms with Gasteiger partial charge < -0.3 is 24.4 Å². The van der Waals surface area contributed by atoms with E-state index in [-0.39, 0.29) is 31.7 Å². The first-order valence-corrected chi connectivity index (χ1v) is 11.4. The zero-order chi connectivity index (χ0) is 26.8. The summed E-state index contributed by atoms with van der Waals surface area (Å²) in [7, 11) is 0. The molecule has 0 bridgehead atoms. The summed E-state index contributed by atoms with van der Waals surface area (Å²) in [5.41, 5.74) is 2.38. The molecule has 7 nitrogen and oxygen atoms in total. The zero-order valence-corrected chi connectivity index (χ0v) is 20.9. The number of benzene rings is 2. The average Bonchev–Trinajstić information content (AvgIpc) is 2.86. The second kappa shape index (κ2) is 17.4. The summed E-state index contributed by atoms with van der Waals surface area (Å²) in [6, 6.07) is 14.4. The van der Waals surface area contributed by atoms with Crippen LogP contribution >= 0.6 is 0 Å². The van der Waals surface area contributed by atoms with Gasteiger partial charge in [0.15, 0.2) is 6.61 Å². The second-order valence-electron chi connectivity index (χ2n) is 7.53. The highest BCUT2D eigenvalue weighted by molar-refractivity contribution is 5.86. The SMILES string of the molecule is C=C(C)C(=O)OCCO.CC=CC(C)OC(=O)COc1ccc(C=CC=Cc2ccc(O)cc2)cc1. The molecule has 36 heavy (non-hydrogen) atoms. The molecule has 0 saturated heterocycles. The summed E-state index contributed by atoms with van der Waals surface area (Å²) in [4.78, 5) is 22.1. The van der Waals surface area contributed by atoms with Gasteiger partial charge in [-0.3, -0.25) is 0 Å². The Kier molecular flexibility index (Phi) is 14.4. The maximum Gasteiger partial charge on any atom is 0.344 e. The number of rotatable bonds is 11. The van der Waals surface area contributed by atoms with Crippen molar-refractivity contribution in [2.45, 2.75) is 26.9 Å². The van der Waals surface area contributed by atoms with Crippen LogP contribution in [0.1, 0.15) is 31.9 Å². The van der Waals surface area contributed by atoms with Gasteiger partial charge in [-0.1, -0.05) is 61.2 Å². The Balaban J connectivity index is 0.000000613. The molecule has 0 aromatic heterocycles. The van der Waals surface area contributed by atoms with Crippen LogP contribution in [-0.2, 0) is 19.1 Å². The van der Waals surface area contributed by atoms with E-state index in [0.29, 0.717) is 11.3 Å². The van der Waals surface area contributed by atoms with E-state index < -0.39 is 11.9 Å². The van der Waals surface area contributed by atoms with E-state index in [9.17, 15) is 14.7 Å². The molecular formula is C29H34O7. The van der Waals surface area contributed by atoms with Gasteiger partial charge in [0.1, 0.15) is 24.2 Å². The number of esters is 2. The molecule has 0 aliphatic rings. The molecule has 2 N–H and O–H groups in total. The van der Waals surface area contributed by atoms with Gasteiger partial charge in [0, 0.05) is 5.57 Å². The average molecular weight is 495 g/mol. The van der Waals surface area contributed by atoms with Crippen molar-refractivity contribution >= 4 is 24.1 Å². The molecular weight excluding hydrogens is 460 g/mol. The summed E-state index contributed by atoms with van der Waals surface area (Å²) in [6.07, 6.45) is 11.2. The number of phenolic OH excluding ortho intramolecular Hbond substituents is 1. The number of ether oxygens (including phenoxy) is 3. The van der Waals surface area contributed by atoms with Crippen molar-refractivity contribution in [2.24, 2.45) is 0 Å².